The minimum absolute atomic E-state index is 0.0347. The summed E-state index contributed by atoms with van der Waals surface area (Å²) in [6.45, 7) is 2.15. The molecule has 0 radical (unpaired) electrons. The third-order valence-electron chi connectivity index (χ3n) is 2.60. The molecule has 0 aromatic carbocycles. The number of hydrogen-bond acceptors (Lipinski definition) is 2. The Labute approximate surface area is 63.2 Å². The van der Waals surface area contributed by atoms with E-state index in [0.717, 1.165) is 0 Å². The van der Waals surface area contributed by atoms with Crippen molar-refractivity contribution in [2.45, 2.75) is 44.2 Å². The van der Waals surface area contributed by atoms with Crippen molar-refractivity contribution >= 4 is 0 Å². The molecule has 0 spiro atoms. The highest BCUT2D eigenvalue weighted by Gasteiger charge is 2.31. The summed E-state index contributed by atoms with van der Waals surface area (Å²) in [5, 5.41) is 3.27. The normalized spacial score (nSPS) is 41.7. The molecule has 3 N–H and O–H groups in total. The molecule has 0 amide bonds. The van der Waals surface area contributed by atoms with Crippen LogP contribution in [-0.2, 0) is 0 Å². The second-order valence-corrected chi connectivity index (χ2v) is 3.59. The number of nitrogens with one attached hydrogen (secondary N) is 1. The molecule has 1 aliphatic rings. The molecule has 1 saturated carbocycles. The van der Waals surface area contributed by atoms with Gasteiger partial charge in [-0.3, -0.25) is 0 Å². The van der Waals surface area contributed by atoms with Crippen LogP contribution in [0.25, 0.3) is 0 Å². The van der Waals surface area contributed by atoms with Crippen molar-refractivity contribution in [1.82, 2.24) is 5.32 Å². The summed E-state index contributed by atoms with van der Waals surface area (Å²) in [4.78, 5) is 0. The van der Waals surface area contributed by atoms with Gasteiger partial charge in [0.05, 0.1) is 0 Å². The highest BCUT2D eigenvalue weighted by atomic mass is 15.0. The van der Waals surface area contributed by atoms with Crippen LogP contribution >= 0.6 is 0 Å². The van der Waals surface area contributed by atoms with E-state index in [1.165, 1.54) is 25.7 Å². The Morgan fingerprint density at radius 2 is 2.20 bits per heavy atom. The predicted octanol–water partition coefficient (Wildman–Crippen LogP) is 0.866. The van der Waals surface area contributed by atoms with Crippen LogP contribution in [0.2, 0.25) is 0 Å². The number of rotatable bonds is 1. The first-order valence-electron chi connectivity index (χ1n) is 4.13. The van der Waals surface area contributed by atoms with Crippen LogP contribution in [0.5, 0.6) is 0 Å². The standard InChI is InChI=1S/C8H18N2/c1-8(9)6-4-3-5-7(8)10-2/h7,10H,3-6,9H2,1-2H3/t7-,8-/m1/s1. The fraction of sp³-hybridized carbons (Fsp3) is 1.00. The van der Waals surface area contributed by atoms with Crippen molar-refractivity contribution < 1.29 is 0 Å². The van der Waals surface area contributed by atoms with Crippen LogP contribution in [0.15, 0.2) is 0 Å². The second-order valence-electron chi connectivity index (χ2n) is 3.59. The lowest BCUT2D eigenvalue weighted by molar-refractivity contribution is 0.245. The van der Waals surface area contributed by atoms with Crippen LogP contribution in [0.3, 0.4) is 0 Å². The molecule has 1 aliphatic carbocycles. The molecule has 2 atom stereocenters. The Kier molecular flexibility index (Phi) is 2.32. The SMILES string of the molecule is CN[C@@H]1CCCC[C@@]1(C)N. The molecule has 2 nitrogen and oxygen atoms in total. The summed E-state index contributed by atoms with van der Waals surface area (Å²) >= 11 is 0. The zero-order valence-electron chi connectivity index (χ0n) is 6.98. The van der Waals surface area contributed by atoms with Gasteiger partial charge in [0.1, 0.15) is 0 Å². The topological polar surface area (TPSA) is 38.0 Å². The Morgan fingerprint density at radius 1 is 1.50 bits per heavy atom. The van der Waals surface area contributed by atoms with Gasteiger partial charge in [0.15, 0.2) is 0 Å². The summed E-state index contributed by atoms with van der Waals surface area (Å²) in [7, 11) is 2.00. The molecule has 1 rings (SSSR count). The lowest BCUT2D eigenvalue weighted by Gasteiger charge is -2.38. The largest absolute Gasteiger partial charge is 0.324 e. The Balaban J connectivity index is 2.51. The van der Waals surface area contributed by atoms with Crippen molar-refractivity contribution in [1.29, 1.82) is 0 Å². The molecule has 0 saturated heterocycles. The van der Waals surface area contributed by atoms with E-state index < -0.39 is 0 Å². The summed E-state index contributed by atoms with van der Waals surface area (Å²) < 4.78 is 0. The van der Waals surface area contributed by atoms with E-state index >= 15 is 0 Å². The van der Waals surface area contributed by atoms with Gasteiger partial charge in [-0.25, -0.2) is 0 Å². The number of hydrogen-bond donors (Lipinski definition) is 2. The van der Waals surface area contributed by atoms with Crippen LogP contribution in [-0.4, -0.2) is 18.6 Å². The maximum absolute atomic E-state index is 6.07. The third kappa shape index (κ3) is 1.50. The van der Waals surface area contributed by atoms with E-state index in [4.69, 9.17) is 5.73 Å². The maximum atomic E-state index is 6.07. The third-order valence-corrected chi connectivity index (χ3v) is 2.60. The van der Waals surface area contributed by atoms with E-state index in [1.54, 1.807) is 0 Å². The first-order valence-corrected chi connectivity index (χ1v) is 4.13. The summed E-state index contributed by atoms with van der Waals surface area (Å²) in [6.07, 6.45) is 5.03. The van der Waals surface area contributed by atoms with Gasteiger partial charge in [0, 0.05) is 11.6 Å². The minimum atomic E-state index is 0.0347. The predicted molar refractivity (Wildman–Crippen MR) is 43.9 cm³/mol. The fourth-order valence-electron chi connectivity index (χ4n) is 1.83. The van der Waals surface area contributed by atoms with E-state index in [1.807, 2.05) is 7.05 Å². The quantitative estimate of drug-likeness (QED) is 0.570. The highest BCUT2D eigenvalue weighted by Crippen LogP contribution is 2.25. The van der Waals surface area contributed by atoms with Gasteiger partial charge in [-0.15, -0.1) is 0 Å². The zero-order chi connectivity index (χ0) is 7.61. The van der Waals surface area contributed by atoms with Crippen LogP contribution in [0.1, 0.15) is 32.6 Å². The molecule has 10 heavy (non-hydrogen) atoms. The highest BCUT2D eigenvalue weighted by molar-refractivity contribution is 4.94. The van der Waals surface area contributed by atoms with Crippen LogP contribution < -0.4 is 11.1 Å². The van der Waals surface area contributed by atoms with Gasteiger partial charge in [0.25, 0.3) is 0 Å². The first kappa shape index (κ1) is 8.02. The van der Waals surface area contributed by atoms with Crippen LogP contribution in [0.4, 0.5) is 0 Å². The molecule has 0 aromatic heterocycles. The summed E-state index contributed by atoms with van der Waals surface area (Å²) in [6, 6.07) is 0.529. The molecule has 0 aliphatic heterocycles. The van der Waals surface area contributed by atoms with Crippen molar-refractivity contribution in [2.24, 2.45) is 5.73 Å². The molecular formula is C8H18N2. The van der Waals surface area contributed by atoms with E-state index in [-0.39, 0.29) is 5.54 Å². The Morgan fingerprint density at radius 3 is 2.60 bits per heavy atom. The average molecular weight is 142 g/mol. The lowest BCUT2D eigenvalue weighted by atomic mass is 9.80. The lowest BCUT2D eigenvalue weighted by Crippen LogP contribution is -2.55. The molecule has 0 unspecified atom stereocenters. The van der Waals surface area contributed by atoms with Gasteiger partial charge in [-0.05, 0) is 26.8 Å². The van der Waals surface area contributed by atoms with E-state index in [9.17, 15) is 0 Å². The Hall–Kier alpha value is -0.0800. The van der Waals surface area contributed by atoms with Gasteiger partial charge in [-0.2, -0.15) is 0 Å². The van der Waals surface area contributed by atoms with Gasteiger partial charge >= 0.3 is 0 Å². The average Bonchev–Trinajstić information content (AvgIpc) is 1.87. The smallest absolute Gasteiger partial charge is 0.0281 e. The van der Waals surface area contributed by atoms with Crippen LogP contribution in [0, 0.1) is 0 Å². The second kappa shape index (κ2) is 2.89. The maximum Gasteiger partial charge on any atom is 0.0281 e. The molecular weight excluding hydrogens is 124 g/mol. The van der Waals surface area contributed by atoms with Crippen molar-refractivity contribution in [3.63, 3.8) is 0 Å². The number of likely N-dealkylation sites (N-methyl/N-ethyl adjacent to an activating group) is 1. The monoisotopic (exact) mass is 142 g/mol. The first-order chi connectivity index (χ1) is 4.67. The number of nitrogens with two attached hydrogens (primary N) is 1. The fourth-order valence-corrected chi connectivity index (χ4v) is 1.83. The minimum Gasteiger partial charge on any atom is -0.324 e. The summed E-state index contributed by atoms with van der Waals surface area (Å²) in [5.41, 5.74) is 6.10. The zero-order valence-corrected chi connectivity index (χ0v) is 6.98. The van der Waals surface area contributed by atoms with Gasteiger partial charge in [0.2, 0.25) is 0 Å². The molecule has 0 bridgehead atoms. The Bertz CT molecular complexity index is 110. The summed E-state index contributed by atoms with van der Waals surface area (Å²) in [5.74, 6) is 0. The molecule has 60 valence electrons. The molecule has 0 aromatic rings. The van der Waals surface area contributed by atoms with Crippen molar-refractivity contribution in [2.75, 3.05) is 7.05 Å². The van der Waals surface area contributed by atoms with E-state index in [2.05, 4.69) is 12.2 Å². The molecule has 2 heteroatoms. The van der Waals surface area contributed by atoms with Crippen molar-refractivity contribution in [3.05, 3.63) is 0 Å². The van der Waals surface area contributed by atoms with E-state index in [0.29, 0.717) is 6.04 Å². The van der Waals surface area contributed by atoms with Gasteiger partial charge < -0.3 is 11.1 Å². The molecule has 0 heterocycles. The van der Waals surface area contributed by atoms with Crippen molar-refractivity contribution in [3.8, 4) is 0 Å². The van der Waals surface area contributed by atoms with Gasteiger partial charge in [-0.1, -0.05) is 12.8 Å². The molecule has 1 fully saturated rings.